The molecule has 0 fully saturated rings. The number of hydrogen-bond acceptors (Lipinski definition) is 4. The lowest BCUT2D eigenvalue weighted by molar-refractivity contribution is 0.0673. The Kier molecular flexibility index (Phi) is 7.19. The molecule has 1 rings (SSSR count). The number of hydrogen-bond donors (Lipinski definition) is 1. The van der Waals surface area contributed by atoms with Gasteiger partial charge in [0, 0.05) is 18.9 Å². The van der Waals surface area contributed by atoms with E-state index in [1.165, 1.54) is 0 Å². The van der Waals surface area contributed by atoms with Crippen LogP contribution in [0.3, 0.4) is 0 Å². The number of benzene rings is 1. The van der Waals surface area contributed by atoms with Gasteiger partial charge in [-0.25, -0.2) is 8.42 Å². The van der Waals surface area contributed by atoms with Crippen molar-refractivity contribution in [2.75, 3.05) is 25.7 Å². The van der Waals surface area contributed by atoms with Crippen LogP contribution >= 0.6 is 0 Å². The van der Waals surface area contributed by atoms with Crippen molar-refractivity contribution in [3.05, 3.63) is 35.9 Å². The Bertz CT molecular complexity index is 473. The summed E-state index contributed by atoms with van der Waals surface area (Å²) in [4.78, 5) is 0. The molecule has 0 radical (unpaired) electrons. The number of likely N-dealkylation sites (N-methyl/N-ethyl adjacent to an activating group) is 1. The highest BCUT2D eigenvalue weighted by Gasteiger charge is 2.21. The number of methoxy groups -OCH3 is 1. The minimum atomic E-state index is -2.89. The van der Waals surface area contributed by atoms with Crippen LogP contribution in [0.25, 0.3) is 0 Å². The van der Waals surface area contributed by atoms with Crippen molar-refractivity contribution in [1.82, 2.24) is 5.32 Å². The van der Waals surface area contributed by atoms with Crippen LogP contribution in [0.1, 0.15) is 31.4 Å². The fourth-order valence-electron chi connectivity index (χ4n) is 2.29. The Morgan fingerprint density at radius 3 is 2.40 bits per heavy atom. The molecular weight excluding hydrogens is 274 g/mol. The van der Waals surface area contributed by atoms with Crippen LogP contribution in [0.5, 0.6) is 0 Å². The van der Waals surface area contributed by atoms with E-state index in [0.29, 0.717) is 6.42 Å². The number of rotatable bonds is 9. The quantitative estimate of drug-likeness (QED) is 0.759. The maximum Gasteiger partial charge on any atom is 0.150 e. The van der Waals surface area contributed by atoms with Gasteiger partial charge in [-0.05, 0) is 25.5 Å². The lowest BCUT2D eigenvalue weighted by Gasteiger charge is -2.26. The Balaban J connectivity index is 2.64. The third-order valence-corrected chi connectivity index (χ3v) is 5.32. The first-order valence-corrected chi connectivity index (χ1v) is 8.81. The molecule has 0 aliphatic carbocycles. The second-order valence-corrected chi connectivity index (χ2v) is 7.31. The van der Waals surface area contributed by atoms with Crippen molar-refractivity contribution in [2.45, 2.75) is 31.9 Å². The summed E-state index contributed by atoms with van der Waals surface area (Å²) in [7, 11) is 0.679. The molecule has 2 unspecified atom stereocenters. The Labute approximate surface area is 122 Å². The van der Waals surface area contributed by atoms with E-state index in [2.05, 4.69) is 5.32 Å². The van der Waals surface area contributed by atoms with Gasteiger partial charge in [0.15, 0.2) is 0 Å². The first-order valence-electron chi connectivity index (χ1n) is 6.99. The van der Waals surface area contributed by atoms with Crippen molar-refractivity contribution in [3.8, 4) is 0 Å². The van der Waals surface area contributed by atoms with E-state index in [-0.39, 0.29) is 23.7 Å². The lowest BCUT2D eigenvalue weighted by atomic mass is 9.98. The zero-order valence-corrected chi connectivity index (χ0v) is 13.3. The van der Waals surface area contributed by atoms with Gasteiger partial charge in [0.05, 0.1) is 11.9 Å². The Morgan fingerprint density at radius 1 is 1.25 bits per heavy atom. The third kappa shape index (κ3) is 5.23. The van der Waals surface area contributed by atoms with Crippen LogP contribution in [0.4, 0.5) is 0 Å². The molecule has 0 bridgehead atoms. The second kappa shape index (κ2) is 8.39. The molecule has 4 nitrogen and oxygen atoms in total. The first kappa shape index (κ1) is 17.1. The smallest absolute Gasteiger partial charge is 0.150 e. The van der Waals surface area contributed by atoms with Crippen LogP contribution in [0.2, 0.25) is 0 Å². The molecule has 0 aliphatic heterocycles. The van der Waals surface area contributed by atoms with Crippen LogP contribution in [0, 0.1) is 0 Å². The molecule has 2 atom stereocenters. The Morgan fingerprint density at radius 2 is 1.90 bits per heavy atom. The largest absolute Gasteiger partial charge is 0.375 e. The highest BCUT2D eigenvalue weighted by Crippen LogP contribution is 2.23. The van der Waals surface area contributed by atoms with Crippen molar-refractivity contribution in [1.29, 1.82) is 0 Å². The zero-order valence-electron chi connectivity index (χ0n) is 12.5. The zero-order chi connectivity index (χ0) is 15.0. The molecule has 0 aromatic heterocycles. The summed E-state index contributed by atoms with van der Waals surface area (Å²) in [6, 6.07) is 10.1. The van der Waals surface area contributed by atoms with E-state index >= 15 is 0 Å². The molecule has 114 valence electrons. The topological polar surface area (TPSA) is 55.4 Å². The van der Waals surface area contributed by atoms with Crippen molar-refractivity contribution in [3.63, 3.8) is 0 Å². The van der Waals surface area contributed by atoms with Gasteiger partial charge in [-0.3, -0.25) is 0 Å². The predicted molar refractivity (Wildman–Crippen MR) is 82.6 cm³/mol. The van der Waals surface area contributed by atoms with Crippen molar-refractivity contribution < 1.29 is 13.2 Å². The van der Waals surface area contributed by atoms with Gasteiger partial charge >= 0.3 is 0 Å². The number of nitrogens with one attached hydrogen (secondary N) is 1. The molecule has 1 aromatic rings. The first-order chi connectivity index (χ1) is 9.54. The van der Waals surface area contributed by atoms with Gasteiger partial charge < -0.3 is 10.1 Å². The summed E-state index contributed by atoms with van der Waals surface area (Å²) < 4.78 is 28.6. The fourth-order valence-corrected chi connectivity index (χ4v) is 3.19. The minimum absolute atomic E-state index is 0.0643. The van der Waals surface area contributed by atoms with E-state index in [0.717, 1.165) is 12.0 Å². The van der Waals surface area contributed by atoms with Gasteiger partial charge in [-0.15, -0.1) is 0 Å². The van der Waals surface area contributed by atoms with E-state index < -0.39 is 9.84 Å². The van der Waals surface area contributed by atoms with E-state index in [4.69, 9.17) is 4.74 Å². The second-order valence-electron chi connectivity index (χ2n) is 4.84. The number of ether oxygens (including phenoxy) is 1. The molecule has 20 heavy (non-hydrogen) atoms. The van der Waals surface area contributed by atoms with Gasteiger partial charge in [0.2, 0.25) is 0 Å². The lowest BCUT2D eigenvalue weighted by Crippen LogP contribution is -2.33. The average Bonchev–Trinajstić information content (AvgIpc) is 2.47. The summed E-state index contributed by atoms with van der Waals surface area (Å²) >= 11 is 0. The van der Waals surface area contributed by atoms with Crippen molar-refractivity contribution >= 4 is 9.84 Å². The molecule has 0 saturated carbocycles. The molecule has 0 heterocycles. The molecule has 0 saturated heterocycles. The van der Waals surface area contributed by atoms with Crippen LogP contribution < -0.4 is 5.32 Å². The Hall–Kier alpha value is -0.910. The molecule has 0 spiro atoms. The van der Waals surface area contributed by atoms with E-state index in [1.807, 2.05) is 37.4 Å². The maximum absolute atomic E-state index is 11.5. The third-order valence-electron chi connectivity index (χ3n) is 3.53. The average molecular weight is 299 g/mol. The normalized spacial score (nSPS) is 14.9. The molecule has 0 amide bonds. The van der Waals surface area contributed by atoms with Crippen LogP contribution in [-0.4, -0.2) is 40.1 Å². The SMILES string of the molecule is CCS(=O)(=O)CCCC(NC)C(OC)c1ccccc1. The van der Waals surface area contributed by atoms with Crippen molar-refractivity contribution in [2.24, 2.45) is 0 Å². The molecule has 1 N–H and O–H groups in total. The molecular formula is C15H25NO3S. The summed E-state index contributed by atoms with van der Waals surface area (Å²) in [5.41, 5.74) is 1.10. The molecule has 1 aromatic carbocycles. The molecule has 0 aliphatic rings. The van der Waals surface area contributed by atoms with Crippen LogP contribution in [-0.2, 0) is 14.6 Å². The summed E-state index contributed by atoms with van der Waals surface area (Å²) in [6.07, 6.45) is 1.35. The van der Waals surface area contributed by atoms with Crippen LogP contribution in [0.15, 0.2) is 30.3 Å². The standard InChI is InChI=1S/C15H25NO3S/c1-4-20(17,18)12-8-11-14(16-2)15(19-3)13-9-6-5-7-10-13/h5-7,9-10,14-16H,4,8,11-12H2,1-3H3. The van der Waals surface area contributed by atoms with Gasteiger partial charge in [0.1, 0.15) is 9.84 Å². The van der Waals surface area contributed by atoms with Gasteiger partial charge in [-0.1, -0.05) is 37.3 Å². The van der Waals surface area contributed by atoms with Gasteiger partial charge in [-0.2, -0.15) is 0 Å². The molecule has 5 heteroatoms. The van der Waals surface area contributed by atoms with Gasteiger partial charge in [0.25, 0.3) is 0 Å². The summed E-state index contributed by atoms with van der Waals surface area (Å²) in [6.45, 7) is 1.69. The monoisotopic (exact) mass is 299 g/mol. The highest BCUT2D eigenvalue weighted by atomic mass is 32.2. The highest BCUT2D eigenvalue weighted by molar-refractivity contribution is 7.91. The number of sulfone groups is 1. The minimum Gasteiger partial charge on any atom is -0.375 e. The summed E-state index contributed by atoms with van der Waals surface area (Å²) in [5, 5.41) is 3.24. The fraction of sp³-hybridized carbons (Fsp3) is 0.600. The maximum atomic E-state index is 11.5. The predicted octanol–water partition coefficient (Wildman–Crippen LogP) is 2.18. The van der Waals surface area contributed by atoms with E-state index in [1.54, 1.807) is 14.0 Å². The summed E-state index contributed by atoms with van der Waals surface area (Å²) in [5.74, 6) is 0.455. The van der Waals surface area contributed by atoms with E-state index in [9.17, 15) is 8.42 Å².